The second-order valence-corrected chi connectivity index (χ2v) is 11.5. The summed E-state index contributed by atoms with van der Waals surface area (Å²) in [5.41, 5.74) is 1.30. The fourth-order valence-corrected chi connectivity index (χ4v) is 5.82. The van der Waals surface area contributed by atoms with Crippen molar-refractivity contribution in [3.05, 3.63) is 136 Å². The second-order valence-electron chi connectivity index (χ2n) is 8.85. The predicted octanol–water partition coefficient (Wildman–Crippen LogP) is 8.30. The number of halogens is 4. The molecule has 9 nitrogen and oxygen atoms in total. The molecule has 0 spiro atoms. The third kappa shape index (κ3) is 6.91. The highest BCUT2D eigenvalue weighted by molar-refractivity contribution is 9.11. The highest BCUT2D eigenvalue weighted by Crippen LogP contribution is 2.33. The summed E-state index contributed by atoms with van der Waals surface area (Å²) in [5, 5.41) is 16.4. The summed E-state index contributed by atoms with van der Waals surface area (Å²) in [6.07, 6.45) is 4.02. The first-order valence-corrected chi connectivity index (χ1v) is 14.6. The largest absolute Gasteiger partial charge is 0.421 e. The molecule has 43 heavy (non-hydrogen) atoms. The molecule has 5 aromatic rings. The fraction of sp³-hybridized carbons (Fsp3) is 0. The van der Waals surface area contributed by atoms with Crippen molar-refractivity contribution in [1.29, 1.82) is 0 Å². The van der Waals surface area contributed by atoms with Crippen molar-refractivity contribution in [3.8, 4) is 17.1 Å². The lowest BCUT2D eigenvalue weighted by molar-refractivity contribution is -0.384. The quantitative estimate of drug-likeness (QED) is 0.0414. The van der Waals surface area contributed by atoms with Crippen LogP contribution in [0.4, 0.5) is 5.69 Å². The number of nitro groups is 1. The maximum atomic E-state index is 13.6. The van der Waals surface area contributed by atoms with E-state index in [-0.39, 0.29) is 22.3 Å². The summed E-state index contributed by atoms with van der Waals surface area (Å²) in [5.74, 6) is -0.396. The Balaban J connectivity index is 1.53. The number of nitro benzene ring substituents is 1. The molecule has 214 valence electrons. The molecule has 0 saturated heterocycles. The van der Waals surface area contributed by atoms with E-state index in [1.165, 1.54) is 42.6 Å². The Morgan fingerprint density at radius 1 is 1.02 bits per heavy atom. The zero-order chi connectivity index (χ0) is 30.7. The van der Waals surface area contributed by atoms with E-state index in [1.54, 1.807) is 54.6 Å². The molecular weight excluding hydrogens is 727 g/mol. The molecule has 0 N–H and O–H groups in total. The van der Waals surface area contributed by atoms with Gasteiger partial charge >= 0.3 is 5.97 Å². The number of nitrogens with zero attached hydrogens (tertiary/aromatic N) is 4. The van der Waals surface area contributed by atoms with Gasteiger partial charge < -0.3 is 4.74 Å². The summed E-state index contributed by atoms with van der Waals surface area (Å²) in [6.45, 7) is 0. The van der Waals surface area contributed by atoms with Crippen LogP contribution in [0.25, 0.3) is 28.4 Å². The molecule has 0 aliphatic rings. The first-order chi connectivity index (χ1) is 20.6. The molecule has 1 heterocycles. The molecule has 0 atom stereocenters. The first-order valence-electron chi connectivity index (χ1n) is 12.3. The molecule has 0 aliphatic heterocycles. The number of benzene rings is 4. The van der Waals surface area contributed by atoms with Crippen LogP contribution in [-0.2, 0) is 4.79 Å². The number of aromatic nitrogens is 2. The van der Waals surface area contributed by atoms with Gasteiger partial charge in [0.1, 0.15) is 0 Å². The van der Waals surface area contributed by atoms with E-state index in [9.17, 15) is 19.7 Å². The van der Waals surface area contributed by atoms with E-state index in [0.717, 1.165) is 4.68 Å². The Morgan fingerprint density at radius 3 is 2.49 bits per heavy atom. The zero-order valence-corrected chi connectivity index (χ0v) is 26.3. The highest BCUT2D eigenvalue weighted by Gasteiger charge is 2.17. The van der Waals surface area contributed by atoms with Crippen LogP contribution in [0.2, 0.25) is 10.0 Å². The van der Waals surface area contributed by atoms with Crippen molar-refractivity contribution in [2.45, 2.75) is 0 Å². The van der Waals surface area contributed by atoms with Gasteiger partial charge in [0.25, 0.3) is 11.2 Å². The van der Waals surface area contributed by atoms with E-state index in [0.29, 0.717) is 41.6 Å². The molecule has 1 aromatic heterocycles. The lowest BCUT2D eigenvalue weighted by Crippen LogP contribution is -2.20. The lowest BCUT2D eigenvalue weighted by Gasteiger charge is -2.12. The molecule has 0 bridgehead atoms. The third-order valence-corrected chi connectivity index (χ3v) is 7.59. The summed E-state index contributed by atoms with van der Waals surface area (Å²) in [4.78, 5) is 41.3. The van der Waals surface area contributed by atoms with Gasteiger partial charge in [0.2, 0.25) is 0 Å². The van der Waals surface area contributed by atoms with Crippen LogP contribution in [0.1, 0.15) is 11.1 Å². The molecule has 0 unspecified atom stereocenters. The van der Waals surface area contributed by atoms with Crippen molar-refractivity contribution in [2.75, 3.05) is 0 Å². The number of ether oxygens (including phenoxy) is 1. The van der Waals surface area contributed by atoms with Crippen molar-refractivity contribution >= 4 is 89.9 Å². The monoisotopic (exact) mass is 740 g/mol. The van der Waals surface area contributed by atoms with Gasteiger partial charge in [-0.2, -0.15) is 9.78 Å². The van der Waals surface area contributed by atoms with Crippen molar-refractivity contribution < 1.29 is 14.5 Å². The number of non-ortho nitro benzene ring substituents is 1. The molecule has 0 radical (unpaired) electrons. The third-order valence-electron chi connectivity index (χ3n) is 5.99. The van der Waals surface area contributed by atoms with Crippen LogP contribution in [0, 0.1) is 10.1 Å². The average molecular weight is 743 g/mol. The molecule has 0 saturated carbocycles. The zero-order valence-electron chi connectivity index (χ0n) is 21.6. The van der Waals surface area contributed by atoms with E-state index < -0.39 is 16.5 Å². The number of fused-ring (bicyclic) bond motifs is 1. The summed E-state index contributed by atoms with van der Waals surface area (Å²) in [7, 11) is 0. The SMILES string of the molecule is O=C(/C=C/c1ccc([N+](=O)[O-])cc1)Oc1c(Br)cc(Br)cc1C=Nn1c(-c2ccc(Cl)cc2Cl)nc2ccccc2c1=O. The molecule has 0 amide bonds. The number of hydrogen-bond acceptors (Lipinski definition) is 7. The Kier molecular flexibility index (Phi) is 9.16. The predicted molar refractivity (Wildman–Crippen MR) is 174 cm³/mol. The standard InChI is InChI=1S/C30H16Br2Cl2N4O5/c31-19-13-18(28(24(32)14-19)43-27(39)12-7-17-5-9-21(10-6-17)38(41)42)16-35-37-29(22-11-8-20(33)15-25(22)34)36-26-4-2-1-3-23(26)30(37)40/h1-16H/b12-7+,35-16?. The average Bonchev–Trinajstić information content (AvgIpc) is 2.97. The Morgan fingerprint density at radius 2 is 1.77 bits per heavy atom. The summed E-state index contributed by atoms with van der Waals surface area (Å²) >= 11 is 19.4. The van der Waals surface area contributed by atoms with Gasteiger partial charge in [-0.05, 0) is 82.2 Å². The molecule has 0 fully saturated rings. The maximum Gasteiger partial charge on any atom is 0.336 e. The van der Waals surface area contributed by atoms with Crippen LogP contribution < -0.4 is 10.3 Å². The minimum Gasteiger partial charge on any atom is -0.421 e. The van der Waals surface area contributed by atoms with Crippen molar-refractivity contribution in [2.24, 2.45) is 5.10 Å². The van der Waals surface area contributed by atoms with Gasteiger partial charge in [-0.1, -0.05) is 51.3 Å². The summed E-state index contributed by atoms with van der Waals surface area (Å²) < 4.78 is 7.82. The molecule has 13 heteroatoms. The van der Waals surface area contributed by atoms with Gasteiger partial charge in [-0.15, -0.1) is 0 Å². The molecular formula is C30H16Br2Cl2N4O5. The molecule has 0 aliphatic carbocycles. The van der Waals surface area contributed by atoms with Crippen LogP contribution in [0.5, 0.6) is 5.75 Å². The van der Waals surface area contributed by atoms with Crippen LogP contribution >= 0.6 is 55.1 Å². The Labute approximate surface area is 270 Å². The van der Waals surface area contributed by atoms with Gasteiger partial charge in [0.15, 0.2) is 11.6 Å². The fourth-order valence-electron chi connectivity index (χ4n) is 3.99. The lowest BCUT2D eigenvalue weighted by atomic mass is 10.2. The number of carbonyl (C=O) groups excluding carboxylic acids is 1. The van der Waals surface area contributed by atoms with Gasteiger partial charge in [0, 0.05) is 38.8 Å². The van der Waals surface area contributed by atoms with E-state index in [2.05, 4.69) is 41.9 Å². The number of hydrogen-bond donors (Lipinski definition) is 0. The molecule has 4 aromatic carbocycles. The van der Waals surface area contributed by atoms with Gasteiger partial charge in [-0.25, -0.2) is 9.78 Å². The van der Waals surface area contributed by atoms with Crippen LogP contribution in [0.3, 0.4) is 0 Å². The maximum absolute atomic E-state index is 13.6. The minimum atomic E-state index is -0.714. The van der Waals surface area contributed by atoms with E-state index >= 15 is 0 Å². The summed E-state index contributed by atoms with van der Waals surface area (Å²) in [6, 6.07) is 20.7. The highest BCUT2D eigenvalue weighted by atomic mass is 79.9. The van der Waals surface area contributed by atoms with Gasteiger partial charge in [-0.3, -0.25) is 14.9 Å². The minimum absolute atomic E-state index is 0.0651. The van der Waals surface area contributed by atoms with Crippen molar-refractivity contribution in [3.63, 3.8) is 0 Å². The Hall–Kier alpha value is -4.16. The number of carbonyl (C=O) groups is 1. The molecule has 5 rings (SSSR count). The number of esters is 1. The van der Waals surface area contributed by atoms with Crippen LogP contribution in [-0.4, -0.2) is 26.8 Å². The number of para-hydroxylation sites is 1. The van der Waals surface area contributed by atoms with Gasteiger partial charge in [0.05, 0.1) is 31.5 Å². The smallest absolute Gasteiger partial charge is 0.336 e. The number of rotatable bonds is 7. The second kappa shape index (κ2) is 13.0. The van der Waals surface area contributed by atoms with E-state index in [4.69, 9.17) is 27.9 Å². The van der Waals surface area contributed by atoms with E-state index in [1.807, 2.05) is 0 Å². The topological polar surface area (TPSA) is 117 Å². The van der Waals surface area contributed by atoms with Crippen LogP contribution in [0.15, 0.2) is 104 Å². The Bertz CT molecular complexity index is 2030. The van der Waals surface area contributed by atoms with Crippen molar-refractivity contribution in [1.82, 2.24) is 9.66 Å². The first kappa shape index (κ1) is 30.3. The normalized spacial score (nSPS) is 11.4.